The zero-order valence-corrected chi connectivity index (χ0v) is 12.7. The Hall–Kier alpha value is -2.12. The Bertz CT molecular complexity index is 607. The Kier molecular flexibility index (Phi) is 5.13. The van der Waals surface area contributed by atoms with E-state index in [0.29, 0.717) is 6.42 Å². The highest BCUT2D eigenvalue weighted by Gasteiger charge is 2.16. The van der Waals surface area contributed by atoms with Gasteiger partial charge in [0.1, 0.15) is 0 Å². The van der Waals surface area contributed by atoms with E-state index >= 15 is 0 Å². The van der Waals surface area contributed by atoms with Gasteiger partial charge in [-0.15, -0.1) is 0 Å². The lowest BCUT2D eigenvalue weighted by atomic mass is 9.95. The van der Waals surface area contributed by atoms with Crippen molar-refractivity contribution in [1.29, 1.82) is 0 Å². The van der Waals surface area contributed by atoms with Crippen LogP contribution in [0, 0.1) is 0 Å². The summed E-state index contributed by atoms with van der Waals surface area (Å²) in [7, 11) is 0. The maximum Gasteiger partial charge on any atom is 0.0839 e. The molecule has 2 aromatic carbocycles. The molecule has 2 aromatic rings. The fraction of sp³-hybridized carbons (Fsp3) is 0.200. The first-order chi connectivity index (χ1) is 10.1. The van der Waals surface area contributed by atoms with Crippen LogP contribution in [-0.2, 0) is 0 Å². The Labute approximate surface area is 127 Å². The molecule has 0 aliphatic carbocycles. The number of benzene rings is 2. The second kappa shape index (κ2) is 7.05. The summed E-state index contributed by atoms with van der Waals surface area (Å²) in [4.78, 5) is 0. The first-order valence-corrected chi connectivity index (χ1v) is 7.24. The van der Waals surface area contributed by atoms with E-state index in [0.717, 1.165) is 16.7 Å². The van der Waals surface area contributed by atoms with Crippen molar-refractivity contribution in [3.8, 4) is 0 Å². The van der Waals surface area contributed by atoms with Crippen LogP contribution in [0.5, 0.6) is 0 Å². The standard InChI is InChI=1S/C20H22O/c1-17(15-19-11-7-4-8-12-19)16-20(2,21)14-13-18-9-5-3-6-10-18/h3-15,21H,16H2,1-2H3. The number of hydrogen-bond acceptors (Lipinski definition) is 1. The quantitative estimate of drug-likeness (QED) is 0.821. The summed E-state index contributed by atoms with van der Waals surface area (Å²) in [5.74, 6) is 0. The fourth-order valence-corrected chi connectivity index (χ4v) is 2.35. The molecular formula is C20H22O. The zero-order valence-electron chi connectivity index (χ0n) is 12.7. The van der Waals surface area contributed by atoms with Crippen LogP contribution in [0.2, 0.25) is 0 Å². The summed E-state index contributed by atoms with van der Waals surface area (Å²) < 4.78 is 0. The van der Waals surface area contributed by atoms with Crippen LogP contribution in [-0.4, -0.2) is 10.7 Å². The van der Waals surface area contributed by atoms with Crippen molar-refractivity contribution < 1.29 is 5.11 Å². The van der Waals surface area contributed by atoms with Gasteiger partial charge >= 0.3 is 0 Å². The minimum absolute atomic E-state index is 0.616. The van der Waals surface area contributed by atoms with Crippen LogP contribution in [0.15, 0.2) is 72.3 Å². The molecule has 0 amide bonds. The second-order valence-corrected chi connectivity index (χ2v) is 5.68. The maximum absolute atomic E-state index is 10.5. The first-order valence-electron chi connectivity index (χ1n) is 7.24. The summed E-state index contributed by atoms with van der Waals surface area (Å²) in [6, 6.07) is 20.2. The molecular weight excluding hydrogens is 256 g/mol. The van der Waals surface area contributed by atoms with Crippen molar-refractivity contribution in [2.24, 2.45) is 0 Å². The SMILES string of the molecule is CC(=Cc1ccccc1)CC(C)(O)C=Cc1ccccc1. The molecule has 0 saturated heterocycles. The van der Waals surface area contributed by atoms with E-state index in [1.54, 1.807) is 0 Å². The van der Waals surface area contributed by atoms with Crippen molar-refractivity contribution >= 4 is 12.2 Å². The third-order valence-corrected chi connectivity index (χ3v) is 3.28. The van der Waals surface area contributed by atoms with E-state index in [-0.39, 0.29) is 0 Å². The number of rotatable bonds is 5. The number of hydrogen-bond donors (Lipinski definition) is 1. The van der Waals surface area contributed by atoms with Gasteiger partial charge in [-0.25, -0.2) is 0 Å². The molecule has 0 spiro atoms. The summed E-state index contributed by atoms with van der Waals surface area (Å²) in [5, 5.41) is 10.5. The Balaban J connectivity index is 2.03. The number of aliphatic hydroxyl groups is 1. The van der Waals surface area contributed by atoms with Gasteiger partial charge in [-0.05, 0) is 25.0 Å². The van der Waals surface area contributed by atoms with Gasteiger partial charge in [0.05, 0.1) is 5.60 Å². The van der Waals surface area contributed by atoms with E-state index in [1.807, 2.05) is 67.6 Å². The van der Waals surface area contributed by atoms with Crippen LogP contribution < -0.4 is 0 Å². The lowest BCUT2D eigenvalue weighted by Gasteiger charge is -2.19. The zero-order chi connectivity index (χ0) is 15.1. The van der Waals surface area contributed by atoms with Gasteiger partial charge in [-0.2, -0.15) is 0 Å². The molecule has 1 N–H and O–H groups in total. The molecule has 0 aromatic heterocycles. The lowest BCUT2D eigenvalue weighted by molar-refractivity contribution is 0.113. The highest BCUT2D eigenvalue weighted by atomic mass is 16.3. The Morgan fingerprint density at radius 2 is 1.48 bits per heavy atom. The van der Waals surface area contributed by atoms with Crippen molar-refractivity contribution in [3.63, 3.8) is 0 Å². The van der Waals surface area contributed by atoms with E-state index in [2.05, 4.69) is 25.1 Å². The van der Waals surface area contributed by atoms with Crippen molar-refractivity contribution in [2.75, 3.05) is 0 Å². The molecule has 1 atom stereocenters. The average Bonchev–Trinajstić information content (AvgIpc) is 2.47. The van der Waals surface area contributed by atoms with Crippen LogP contribution in [0.1, 0.15) is 31.4 Å². The topological polar surface area (TPSA) is 20.2 Å². The predicted molar refractivity (Wildman–Crippen MR) is 90.8 cm³/mol. The van der Waals surface area contributed by atoms with Gasteiger partial charge in [0.2, 0.25) is 0 Å². The highest BCUT2D eigenvalue weighted by molar-refractivity contribution is 5.53. The van der Waals surface area contributed by atoms with Gasteiger partial charge < -0.3 is 5.11 Å². The van der Waals surface area contributed by atoms with Crippen LogP contribution in [0.25, 0.3) is 12.2 Å². The van der Waals surface area contributed by atoms with E-state index in [9.17, 15) is 5.11 Å². The third-order valence-electron chi connectivity index (χ3n) is 3.28. The largest absolute Gasteiger partial charge is 0.386 e. The van der Waals surface area contributed by atoms with Gasteiger partial charge in [-0.3, -0.25) is 0 Å². The van der Waals surface area contributed by atoms with Crippen LogP contribution in [0.3, 0.4) is 0 Å². The summed E-state index contributed by atoms with van der Waals surface area (Å²) in [6.45, 7) is 3.90. The van der Waals surface area contributed by atoms with Crippen LogP contribution in [0.4, 0.5) is 0 Å². The highest BCUT2D eigenvalue weighted by Crippen LogP contribution is 2.21. The minimum atomic E-state index is -0.842. The molecule has 21 heavy (non-hydrogen) atoms. The molecule has 0 radical (unpaired) electrons. The third kappa shape index (κ3) is 5.41. The molecule has 0 saturated carbocycles. The Morgan fingerprint density at radius 3 is 2.05 bits per heavy atom. The van der Waals surface area contributed by atoms with E-state index in [4.69, 9.17) is 0 Å². The molecule has 1 nitrogen and oxygen atoms in total. The molecule has 1 heteroatoms. The van der Waals surface area contributed by atoms with Crippen molar-refractivity contribution in [1.82, 2.24) is 0 Å². The summed E-state index contributed by atoms with van der Waals surface area (Å²) in [5.41, 5.74) is 2.58. The summed E-state index contributed by atoms with van der Waals surface area (Å²) in [6.07, 6.45) is 6.57. The maximum atomic E-state index is 10.5. The lowest BCUT2D eigenvalue weighted by Crippen LogP contribution is -2.20. The van der Waals surface area contributed by atoms with Gasteiger partial charge in [-0.1, -0.05) is 84.5 Å². The molecule has 0 aliphatic rings. The molecule has 0 aliphatic heterocycles. The monoisotopic (exact) mass is 278 g/mol. The van der Waals surface area contributed by atoms with Gasteiger partial charge in [0, 0.05) is 6.42 Å². The van der Waals surface area contributed by atoms with E-state index in [1.165, 1.54) is 0 Å². The first kappa shape index (κ1) is 15.3. The normalized spacial score (nSPS) is 15.1. The molecule has 0 bridgehead atoms. The van der Waals surface area contributed by atoms with E-state index < -0.39 is 5.60 Å². The minimum Gasteiger partial charge on any atom is -0.386 e. The molecule has 1 unspecified atom stereocenters. The molecule has 2 rings (SSSR count). The summed E-state index contributed by atoms with van der Waals surface area (Å²) >= 11 is 0. The molecule has 108 valence electrons. The second-order valence-electron chi connectivity index (χ2n) is 5.68. The predicted octanol–water partition coefficient (Wildman–Crippen LogP) is 4.94. The van der Waals surface area contributed by atoms with Crippen molar-refractivity contribution in [2.45, 2.75) is 25.9 Å². The Morgan fingerprint density at radius 1 is 0.952 bits per heavy atom. The molecule has 0 fully saturated rings. The van der Waals surface area contributed by atoms with Gasteiger partial charge in [0.15, 0.2) is 0 Å². The smallest absolute Gasteiger partial charge is 0.0839 e. The van der Waals surface area contributed by atoms with Crippen LogP contribution >= 0.6 is 0 Å². The fourth-order valence-electron chi connectivity index (χ4n) is 2.35. The molecule has 0 heterocycles. The average molecular weight is 278 g/mol. The van der Waals surface area contributed by atoms with Gasteiger partial charge in [0.25, 0.3) is 0 Å². The van der Waals surface area contributed by atoms with Crippen molar-refractivity contribution in [3.05, 3.63) is 83.4 Å².